The van der Waals surface area contributed by atoms with E-state index in [0.29, 0.717) is 111 Å². The first-order chi connectivity index (χ1) is 33.7. The standard InChI is InChI=1S/C54H65N5O10/c1-8-40-15-9-11-17-47(40)57(4)53(61)43-32-49(64-6)51(34-45(43)55-2)68-36-38-29-39(31-42(30-38)58(20-13-14-23-60)22-24-66-27-28-67-26-25-63-5)37-69-52-35-46(56-3)44(33-50(52)65-7)54(62)59-21-19-41-16-10-12-18-48(41)59/h9-12,15-16,18,23,29-35,47H,2-3,8,13-14,17,19-22,24-28,36-37H2,1,4-7H3. The third-order valence-corrected chi connectivity index (χ3v) is 12.2. The van der Waals surface area contributed by atoms with Crippen molar-refractivity contribution in [1.29, 1.82) is 0 Å². The Morgan fingerprint density at radius 2 is 1.43 bits per heavy atom. The fourth-order valence-corrected chi connectivity index (χ4v) is 8.48. The van der Waals surface area contributed by atoms with Crippen molar-refractivity contribution in [2.75, 3.05) is 90.8 Å². The number of methoxy groups -OCH3 is 3. The highest BCUT2D eigenvalue weighted by atomic mass is 16.5. The highest BCUT2D eigenvalue weighted by Gasteiger charge is 2.29. The van der Waals surface area contributed by atoms with Crippen LogP contribution in [0.4, 0.5) is 22.7 Å². The number of allylic oxidation sites excluding steroid dienone is 2. The molecular weight excluding hydrogens is 879 g/mol. The van der Waals surface area contributed by atoms with E-state index in [9.17, 15) is 14.4 Å². The molecule has 0 radical (unpaired) electrons. The lowest BCUT2D eigenvalue weighted by atomic mass is 9.95. The Labute approximate surface area is 406 Å². The van der Waals surface area contributed by atoms with Gasteiger partial charge in [0.2, 0.25) is 0 Å². The van der Waals surface area contributed by atoms with Gasteiger partial charge < -0.3 is 52.7 Å². The van der Waals surface area contributed by atoms with Gasteiger partial charge in [0.05, 0.1) is 75.8 Å². The summed E-state index contributed by atoms with van der Waals surface area (Å²) < 4.78 is 41.2. The molecule has 0 spiro atoms. The first-order valence-electron chi connectivity index (χ1n) is 23.3. The molecule has 0 aromatic heterocycles. The van der Waals surface area contributed by atoms with E-state index in [1.54, 1.807) is 48.2 Å². The summed E-state index contributed by atoms with van der Waals surface area (Å²) in [5.74, 6) is 1.07. The van der Waals surface area contributed by atoms with Gasteiger partial charge >= 0.3 is 0 Å². The van der Waals surface area contributed by atoms with Gasteiger partial charge in [0.15, 0.2) is 23.0 Å². The Morgan fingerprint density at radius 3 is 2.07 bits per heavy atom. The minimum absolute atomic E-state index is 0.0777. The van der Waals surface area contributed by atoms with Crippen LogP contribution in [-0.2, 0) is 38.6 Å². The number of hydrogen-bond acceptors (Lipinski definition) is 13. The van der Waals surface area contributed by atoms with Gasteiger partial charge in [-0.05, 0) is 97.8 Å². The van der Waals surface area contributed by atoms with Gasteiger partial charge in [0.1, 0.15) is 19.5 Å². The minimum Gasteiger partial charge on any atom is -0.493 e. The Bertz CT molecular complexity index is 2490. The molecule has 4 aromatic carbocycles. The third-order valence-electron chi connectivity index (χ3n) is 12.2. The van der Waals surface area contributed by atoms with Crippen LogP contribution in [0.1, 0.15) is 70.0 Å². The van der Waals surface area contributed by atoms with Gasteiger partial charge in [-0.25, -0.2) is 0 Å². The number of unbranched alkanes of at least 4 members (excludes halogenated alkanes) is 1. The number of amides is 2. The number of fused-ring (bicyclic) bond motifs is 1. The molecule has 1 unspecified atom stereocenters. The van der Waals surface area contributed by atoms with E-state index in [0.717, 1.165) is 53.6 Å². The number of hydrogen-bond donors (Lipinski definition) is 0. The lowest BCUT2D eigenvalue weighted by molar-refractivity contribution is -0.107. The van der Waals surface area contributed by atoms with Gasteiger partial charge in [-0.15, -0.1) is 0 Å². The Hall–Kier alpha value is -6.81. The molecule has 15 heteroatoms. The summed E-state index contributed by atoms with van der Waals surface area (Å²) >= 11 is 0. The molecule has 15 nitrogen and oxygen atoms in total. The number of carbonyl (C=O) groups excluding carboxylic acids is 3. The number of rotatable bonds is 28. The van der Waals surface area contributed by atoms with Crippen LogP contribution in [0.25, 0.3) is 0 Å². The predicted molar refractivity (Wildman–Crippen MR) is 270 cm³/mol. The number of ether oxygens (including phenoxy) is 7. The monoisotopic (exact) mass is 943 g/mol. The summed E-state index contributed by atoms with van der Waals surface area (Å²) in [5, 5.41) is 0. The first kappa shape index (κ1) is 51.6. The van der Waals surface area contributed by atoms with Crippen molar-refractivity contribution in [2.45, 2.75) is 58.3 Å². The number of carbonyl (C=O) groups is 3. The summed E-state index contributed by atoms with van der Waals surface area (Å²) in [7, 11) is 6.49. The zero-order valence-corrected chi connectivity index (χ0v) is 40.6. The van der Waals surface area contributed by atoms with Crippen LogP contribution >= 0.6 is 0 Å². The second kappa shape index (κ2) is 26.1. The molecule has 0 saturated carbocycles. The second-order valence-electron chi connectivity index (χ2n) is 16.5. The van der Waals surface area contributed by atoms with Crippen molar-refractivity contribution >= 4 is 54.3 Å². The maximum absolute atomic E-state index is 14.0. The molecule has 0 fully saturated rings. The van der Waals surface area contributed by atoms with E-state index in [1.165, 1.54) is 19.8 Å². The summed E-state index contributed by atoms with van der Waals surface area (Å²) in [6.45, 7) is 13.8. The Kier molecular flexibility index (Phi) is 19.5. The maximum Gasteiger partial charge on any atom is 0.260 e. The zero-order valence-electron chi connectivity index (χ0n) is 40.6. The molecule has 6 rings (SSSR count). The smallest absolute Gasteiger partial charge is 0.260 e. The van der Waals surface area contributed by atoms with Crippen molar-refractivity contribution in [3.63, 3.8) is 0 Å². The van der Waals surface area contributed by atoms with Crippen LogP contribution < -0.4 is 28.7 Å². The molecule has 0 saturated heterocycles. The number of likely N-dealkylation sites (N-methyl/N-ethyl adjacent to an activating group) is 1. The van der Waals surface area contributed by atoms with Gasteiger partial charge in [-0.2, -0.15) is 0 Å². The maximum atomic E-state index is 14.0. The van der Waals surface area contributed by atoms with E-state index in [-0.39, 0.29) is 31.1 Å². The van der Waals surface area contributed by atoms with E-state index < -0.39 is 0 Å². The second-order valence-corrected chi connectivity index (χ2v) is 16.5. The number of aldehydes is 1. The minimum atomic E-state index is -0.206. The molecule has 2 amide bonds. The fraction of sp³-hybridized carbons (Fsp3) is 0.389. The average Bonchev–Trinajstić information content (AvgIpc) is 3.83. The normalized spacial score (nSPS) is 13.8. The largest absolute Gasteiger partial charge is 0.493 e. The quantitative estimate of drug-likeness (QED) is 0.0305. The van der Waals surface area contributed by atoms with Gasteiger partial charge in [0, 0.05) is 63.7 Å². The number of anilines is 2. The number of para-hydroxylation sites is 1. The molecule has 1 atom stereocenters. The van der Waals surface area contributed by atoms with Crippen molar-refractivity contribution < 1.29 is 47.5 Å². The van der Waals surface area contributed by atoms with Crippen LogP contribution in [0, 0.1) is 0 Å². The number of nitrogens with zero attached hydrogens (tertiary/aromatic N) is 5. The van der Waals surface area contributed by atoms with Crippen molar-refractivity contribution in [3.05, 3.63) is 118 Å². The Morgan fingerprint density at radius 1 is 0.797 bits per heavy atom. The lowest BCUT2D eigenvalue weighted by Crippen LogP contribution is -2.38. The lowest BCUT2D eigenvalue weighted by Gasteiger charge is -2.31. The molecule has 366 valence electrons. The molecule has 1 aliphatic heterocycles. The molecule has 2 aliphatic rings. The SMILES string of the molecule is C=Nc1cc(OCc2cc(COc3cc(N=C)c(C(=O)N(C)C4CC=CC=C4CC)cc3OC)cc(N(CCCC=O)CCOCCOCCOC)c2)c(OC)cc1C(=O)N1CCc2ccccc21. The highest BCUT2D eigenvalue weighted by Crippen LogP contribution is 2.40. The van der Waals surface area contributed by atoms with Crippen LogP contribution in [-0.4, -0.2) is 124 Å². The third kappa shape index (κ3) is 13.3. The van der Waals surface area contributed by atoms with Gasteiger partial charge in [-0.3, -0.25) is 19.6 Å². The number of benzene rings is 4. The van der Waals surface area contributed by atoms with Gasteiger partial charge in [0.25, 0.3) is 11.8 Å². The summed E-state index contributed by atoms with van der Waals surface area (Å²) in [6, 6.07) is 20.5. The Balaban J connectivity index is 1.28. The molecule has 1 aliphatic carbocycles. The average molecular weight is 944 g/mol. The van der Waals surface area contributed by atoms with Crippen molar-refractivity contribution in [2.24, 2.45) is 9.98 Å². The van der Waals surface area contributed by atoms with E-state index in [1.807, 2.05) is 48.5 Å². The summed E-state index contributed by atoms with van der Waals surface area (Å²) in [4.78, 5) is 53.6. The summed E-state index contributed by atoms with van der Waals surface area (Å²) in [6.07, 6.45) is 10.4. The van der Waals surface area contributed by atoms with Crippen molar-refractivity contribution in [1.82, 2.24) is 4.90 Å². The highest BCUT2D eigenvalue weighted by molar-refractivity contribution is 6.11. The number of aliphatic imine (C=N–C) groups is 2. The molecule has 0 bridgehead atoms. The first-order valence-corrected chi connectivity index (χ1v) is 23.3. The van der Waals surface area contributed by atoms with Crippen LogP contribution in [0.5, 0.6) is 23.0 Å². The molecule has 4 aromatic rings. The van der Waals surface area contributed by atoms with Crippen LogP contribution in [0.3, 0.4) is 0 Å². The van der Waals surface area contributed by atoms with E-state index in [4.69, 9.17) is 33.2 Å². The molecule has 1 heterocycles. The van der Waals surface area contributed by atoms with E-state index >= 15 is 0 Å². The summed E-state index contributed by atoms with van der Waals surface area (Å²) in [5.41, 5.74) is 7.03. The topological polar surface area (TPSA) is 150 Å². The predicted octanol–water partition coefficient (Wildman–Crippen LogP) is 8.93. The van der Waals surface area contributed by atoms with E-state index in [2.05, 4.69) is 47.4 Å². The molecule has 69 heavy (non-hydrogen) atoms. The molecule has 0 N–H and O–H groups in total. The zero-order chi connectivity index (χ0) is 49.1. The van der Waals surface area contributed by atoms with Gasteiger partial charge in [-0.1, -0.05) is 43.4 Å². The fourth-order valence-electron chi connectivity index (χ4n) is 8.48. The van der Waals surface area contributed by atoms with Crippen molar-refractivity contribution in [3.8, 4) is 23.0 Å². The van der Waals surface area contributed by atoms with Crippen LogP contribution in [0.15, 0.2) is 101 Å². The molecular formula is C54H65N5O10. The van der Waals surface area contributed by atoms with Crippen LogP contribution in [0.2, 0.25) is 0 Å².